The highest BCUT2D eigenvalue weighted by Crippen LogP contribution is 2.19. The highest BCUT2D eigenvalue weighted by atomic mass is 16.2. The van der Waals surface area contributed by atoms with Crippen molar-refractivity contribution < 1.29 is 14.4 Å². The molecule has 1 heterocycles. The number of carbonyl (C=O) groups is 3. The second kappa shape index (κ2) is 8.66. The van der Waals surface area contributed by atoms with Gasteiger partial charge in [0.15, 0.2) is 0 Å². The SMILES string of the molecule is CC(=O)NCC(=O)N1CCCC(CNC(=O)c2cccc3ccccc23)C1. The summed E-state index contributed by atoms with van der Waals surface area (Å²) in [6.07, 6.45) is 1.88. The van der Waals surface area contributed by atoms with Crippen LogP contribution in [0, 0.1) is 5.92 Å². The van der Waals surface area contributed by atoms with Gasteiger partial charge in [-0.05, 0) is 35.6 Å². The fourth-order valence-electron chi connectivity index (χ4n) is 3.53. The monoisotopic (exact) mass is 367 g/mol. The third kappa shape index (κ3) is 4.84. The van der Waals surface area contributed by atoms with E-state index >= 15 is 0 Å². The lowest BCUT2D eigenvalue weighted by molar-refractivity contribution is -0.134. The topological polar surface area (TPSA) is 78.5 Å². The molecule has 2 aromatic carbocycles. The molecule has 1 aliphatic rings. The molecule has 0 aromatic heterocycles. The molecule has 1 fully saturated rings. The lowest BCUT2D eigenvalue weighted by atomic mass is 9.97. The van der Waals surface area contributed by atoms with Crippen LogP contribution < -0.4 is 10.6 Å². The lowest BCUT2D eigenvalue weighted by Crippen LogP contribution is -2.47. The first-order valence-electron chi connectivity index (χ1n) is 9.33. The Kier molecular flexibility index (Phi) is 6.06. The van der Waals surface area contributed by atoms with Gasteiger partial charge in [0, 0.05) is 32.1 Å². The molecular weight excluding hydrogens is 342 g/mol. The van der Waals surface area contributed by atoms with E-state index in [0.29, 0.717) is 25.2 Å². The van der Waals surface area contributed by atoms with E-state index in [1.807, 2.05) is 42.5 Å². The minimum atomic E-state index is -0.209. The van der Waals surface area contributed by atoms with Gasteiger partial charge in [-0.2, -0.15) is 0 Å². The molecular formula is C21H25N3O3. The molecule has 2 N–H and O–H groups in total. The van der Waals surface area contributed by atoms with Crippen LogP contribution in [0.25, 0.3) is 10.8 Å². The van der Waals surface area contributed by atoms with Crippen molar-refractivity contribution in [3.8, 4) is 0 Å². The summed E-state index contributed by atoms with van der Waals surface area (Å²) in [5.74, 6) is -0.151. The van der Waals surface area contributed by atoms with Crippen LogP contribution in [0.1, 0.15) is 30.1 Å². The maximum absolute atomic E-state index is 12.7. The van der Waals surface area contributed by atoms with Crippen LogP contribution >= 0.6 is 0 Å². The maximum Gasteiger partial charge on any atom is 0.251 e. The lowest BCUT2D eigenvalue weighted by Gasteiger charge is -2.33. The molecule has 142 valence electrons. The zero-order valence-electron chi connectivity index (χ0n) is 15.5. The van der Waals surface area contributed by atoms with Crippen LogP contribution in [-0.2, 0) is 9.59 Å². The fourth-order valence-corrected chi connectivity index (χ4v) is 3.53. The van der Waals surface area contributed by atoms with E-state index in [4.69, 9.17) is 0 Å². The summed E-state index contributed by atoms with van der Waals surface area (Å²) in [5.41, 5.74) is 0.669. The van der Waals surface area contributed by atoms with Crippen molar-refractivity contribution in [2.45, 2.75) is 19.8 Å². The van der Waals surface area contributed by atoms with Gasteiger partial charge in [-0.25, -0.2) is 0 Å². The number of piperidine rings is 1. The predicted octanol–water partition coefficient (Wildman–Crippen LogP) is 1.94. The summed E-state index contributed by atoms with van der Waals surface area (Å²) in [6, 6.07) is 13.5. The minimum absolute atomic E-state index is 0.0322. The molecule has 1 unspecified atom stereocenters. The molecule has 0 saturated carbocycles. The molecule has 1 aliphatic heterocycles. The van der Waals surface area contributed by atoms with E-state index in [1.54, 1.807) is 4.90 Å². The van der Waals surface area contributed by atoms with Crippen molar-refractivity contribution in [1.82, 2.24) is 15.5 Å². The van der Waals surface area contributed by atoms with Crippen molar-refractivity contribution in [2.75, 3.05) is 26.2 Å². The largest absolute Gasteiger partial charge is 0.352 e. The summed E-state index contributed by atoms with van der Waals surface area (Å²) in [4.78, 5) is 37.6. The molecule has 0 radical (unpaired) electrons. The van der Waals surface area contributed by atoms with Crippen molar-refractivity contribution in [3.05, 3.63) is 48.0 Å². The summed E-state index contributed by atoms with van der Waals surface area (Å²) >= 11 is 0. The summed E-state index contributed by atoms with van der Waals surface area (Å²) in [7, 11) is 0. The third-order valence-corrected chi connectivity index (χ3v) is 4.95. The Balaban J connectivity index is 1.57. The summed E-state index contributed by atoms with van der Waals surface area (Å²) in [5, 5.41) is 7.55. The van der Waals surface area contributed by atoms with Crippen LogP contribution in [0.5, 0.6) is 0 Å². The highest BCUT2D eigenvalue weighted by molar-refractivity contribution is 6.07. The maximum atomic E-state index is 12.7. The minimum Gasteiger partial charge on any atom is -0.352 e. The van der Waals surface area contributed by atoms with Gasteiger partial charge in [0.2, 0.25) is 11.8 Å². The Morgan fingerprint density at radius 1 is 1.07 bits per heavy atom. The number of nitrogens with zero attached hydrogens (tertiary/aromatic N) is 1. The summed E-state index contributed by atoms with van der Waals surface area (Å²) in [6.45, 7) is 3.27. The Labute approximate surface area is 158 Å². The number of hydrogen-bond acceptors (Lipinski definition) is 3. The average Bonchev–Trinajstić information content (AvgIpc) is 2.70. The first kappa shape index (κ1) is 18.9. The normalized spacial score (nSPS) is 16.8. The Morgan fingerprint density at radius 3 is 2.67 bits per heavy atom. The van der Waals surface area contributed by atoms with E-state index in [-0.39, 0.29) is 30.2 Å². The van der Waals surface area contributed by atoms with Gasteiger partial charge in [0.25, 0.3) is 5.91 Å². The van der Waals surface area contributed by atoms with E-state index < -0.39 is 0 Å². The number of likely N-dealkylation sites (tertiary alicyclic amines) is 1. The molecule has 1 saturated heterocycles. The molecule has 0 spiro atoms. The third-order valence-electron chi connectivity index (χ3n) is 4.95. The van der Waals surface area contributed by atoms with E-state index in [2.05, 4.69) is 10.6 Å². The smallest absolute Gasteiger partial charge is 0.251 e. The van der Waals surface area contributed by atoms with Crippen molar-refractivity contribution in [2.24, 2.45) is 5.92 Å². The molecule has 0 bridgehead atoms. The van der Waals surface area contributed by atoms with Crippen LogP contribution in [0.3, 0.4) is 0 Å². The molecule has 6 heteroatoms. The van der Waals surface area contributed by atoms with Gasteiger partial charge in [-0.3, -0.25) is 14.4 Å². The average molecular weight is 367 g/mol. The van der Waals surface area contributed by atoms with Gasteiger partial charge < -0.3 is 15.5 Å². The molecule has 6 nitrogen and oxygen atoms in total. The zero-order valence-corrected chi connectivity index (χ0v) is 15.5. The van der Waals surface area contributed by atoms with Gasteiger partial charge in [-0.15, -0.1) is 0 Å². The van der Waals surface area contributed by atoms with Crippen LogP contribution in [-0.4, -0.2) is 48.8 Å². The van der Waals surface area contributed by atoms with E-state index in [1.165, 1.54) is 6.92 Å². The Bertz CT molecular complexity index is 844. The second-order valence-corrected chi connectivity index (χ2v) is 6.99. The summed E-state index contributed by atoms with van der Waals surface area (Å²) < 4.78 is 0. The number of rotatable bonds is 5. The van der Waals surface area contributed by atoms with Gasteiger partial charge in [0.05, 0.1) is 6.54 Å². The number of hydrogen-bond donors (Lipinski definition) is 2. The number of carbonyl (C=O) groups excluding carboxylic acids is 3. The fraction of sp³-hybridized carbons (Fsp3) is 0.381. The van der Waals surface area contributed by atoms with E-state index in [0.717, 1.165) is 23.6 Å². The van der Waals surface area contributed by atoms with Gasteiger partial charge >= 0.3 is 0 Å². The number of nitrogens with one attached hydrogen (secondary N) is 2. The van der Waals surface area contributed by atoms with Crippen LogP contribution in [0.4, 0.5) is 0 Å². The zero-order chi connectivity index (χ0) is 19.2. The molecule has 27 heavy (non-hydrogen) atoms. The molecule has 1 atom stereocenters. The number of amides is 3. The predicted molar refractivity (Wildman–Crippen MR) is 104 cm³/mol. The van der Waals surface area contributed by atoms with Gasteiger partial charge in [-0.1, -0.05) is 36.4 Å². The quantitative estimate of drug-likeness (QED) is 0.848. The second-order valence-electron chi connectivity index (χ2n) is 6.99. The number of fused-ring (bicyclic) bond motifs is 1. The standard InChI is InChI=1S/C21H25N3O3/c1-15(25)22-13-20(26)24-11-5-6-16(14-24)12-23-21(27)19-10-4-8-17-7-2-3-9-18(17)19/h2-4,7-10,16H,5-6,11-14H2,1H3,(H,22,25)(H,23,27). The van der Waals surface area contributed by atoms with Crippen LogP contribution in [0.15, 0.2) is 42.5 Å². The molecule has 0 aliphatic carbocycles. The molecule has 2 aromatic rings. The van der Waals surface area contributed by atoms with Crippen molar-refractivity contribution in [3.63, 3.8) is 0 Å². The molecule has 3 amide bonds. The number of benzene rings is 2. The highest BCUT2D eigenvalue weighted by Gasteiger charge is 2.24. The Hall–Kier alpha value is -2.89. The van der Waals surface area contributed by atoms with Gasteiger partial charge in [0.1, 0.15) is 0 Å². The van der Waals surface area contributed by atoms with Crippen LogP contribution in [0.2, 0.25) is 0 Å². The molecule has 3 rings (SSSR count). The Morgan fingerprint density at radius 2 is 1.85 bits per heavy atom. The van der Waals surface area contributed by atoms with Crippen molar-refractivity contribution in [1.29, 1.82) is 0 Å². The first-order valence-corrected chi connectivity index (χ1v) is 9.33. The van der Waals surface area contributed by atoms with E-state index in [9.17, 15) is 14.4 Å². The first-order chi connectivity index (χ1) is 13.0. The van der Waals surface area contributed by atoms with Crippen molar-refractivity contribution >= 4 is 28.5 Å².